The Morgan fingerprint density at radius 1 is 1.24 bits per heavy atom. The highest BCUT2D eigenvalue weighted by Gasteiger charge is 2.33. The maximum Gasteiger partial charge on any atom is 0.243 e. The van der Waals surface area contributed by atoms with Crippen LogP contribution in [0.3, 0.4) is 0 Å². The smallest absolute Gasteiger partial charge is 0.243 e. The van der Waals surface area contributed by atoms with Crippen molar-refractivity contribution in [2.24, 2.45) is 0 Å². The van der Waals surface area contributed by atoms with Crippen molar-refractivity contribution in [1.82, 2.24) is 30.8 Å². The average Bonchev–Trinajstić information content (AvgIpc) is 3.14. The highest BCUT2D eigenvalue weighted by molar-refractivity contribution is 6.30. The van der Waals surface area contributed by atoms with Gasteiger partial charge in [-0.2, -0.15) is 4.80 Å². The maximum absolute atomic E-state index is 12.2. The van der Waals surface area contributed by atoms with Gasteiger partial charge in [0.15, 0.2) is 0 Å². The first-order valence-electron chi connectivity index (χ1n) is 8.25. The minimum Gasteiger partial charge on any atom is -0.352 e. The lowest BCUT2D eigenvalue weighted by molar-refractivity contribution is -0.123. The predicted molar refractivity (Wildman–Crippen MR) is 96.6 cm³/mol. The number of nitrogens with zero attached hydrogens (tertiary/aromatic N) is 4. The third-order valence-electron chi connectivity index (χ3n) is 4.68. The number of amides is 1. The molecule has 2 saturated heterocycles. The Balaban J connectivity index is 0.00000182. The minimum absolute atomic E-state index is 0. The molecule has 0 radical (unpaired) electrons. The van der Waals surface area contributed by atoms with Crippen molar-refractivity contribution in [3.63, 3.8) is 0 Å². The number of hydrogen-bond acceptors (Lipinski definition) is 5. The molecule has 0 spiro atoms. The van der Waals surface area contributed by atoms with E-state index in [2.05, 4.69) is 26.0 Å². The van der Waals surface area contributed by atoms with Gasteiger partial charge in [0.2, 0.25) is 11.7 Å². The molecular formula is C16H20Cl2N6O. The van der Waals surface area contributed by atoms with Gasteiger partial charge in [-0.1, -0.05) is 11.6 Å². The van der Waals surface area contributed by atoms with Gasteiger partial charge in [0, 0.05) is 28.7 Å². The van der Waals surface area contributed by atoms with Crippen molar-refractivity contribution in [3.05, 3.63) is 29.3 Å². The number of tetrazole rings is 1. The Morgan fingerprint density at radius 3 is 2.60 bits per heavy atom. The van der Waals surface area contributed by atoms with Gasteiger partial charge in [-0.25, -0.2) is 0 Å². The number of nitrogens with one attached hydrogen (secondary N) is 2. The monoisotopic (exact) mass is 382 g/mol. The zero-order valence-corrected chi connectivity index (χ0v) is 15.1. The highest BCUT2D eigenvalue weighted by atomic mass is 35.5. The van der Waals surface area contributed by atoms with E-state index in [1.54, 1.807) is 12.1 Å². The first-order valence-corrected chi connectivity index (χ1v) is 8.62. The van der Waals surface area contributed by atoms with Crippen LogP contribution in [0.15, 0.2) is 24.3 Å². The zero-order chi connectivity index (χ0) is 16.5. The molecule has 2 atom stereocenters. The number of halogens is 2. The van der Waals surface area contributed by atoms with Crippen LogP contribution in [0.4, 0.5) is 0 Å². The molecule has 2 N–H and O–H groups in total. The Morgan fingerprint density at radius 2 is 1.92 bits per heavy atom. The second-order valence-electron chi connectivity index (χ2n) is 6.52. The van der Waals surface area contributed by atoms with E-state index in [1.807, 2.05) is 12.1 Å². The van der Waals surface area contributed by atoms with Gasteiger partial charge in [-0.15, -0.1) is 22.6 Å². The molecule has 2 aliphatic rings. The van der Waals surface area contributed by atoms with Crippen LogP contribution in [-0.4, -0.2) is 44.2 Å². The van der Waals surface area contributed by atoms with Gasteiger partial charge in [-0.05, 0) is 55.2 Å². The maximum atomic E-state index is 12.2. The van der Waals surface area contributed by atoms with E-state index in [9.17, 15) is 4.79 Å². The third-order valence-corrected chi connectivity index (χ3v) is 4.93. The molecule has 0 aliphatic carbocycles. The molecule has 2 aliphatic heterocycles. The first-order chi connectivity index (χ1) is 11.7. The number of hydrogen-bond donors (Lipinski definition) is 2. The van der Waals surface area contributed by atoms with Crippen LogP contribution < -0.4 is 10.6 Å². The van der Waals surface area contributed by atoms with E-state index in [1.165, 1.54) is 17.6 Å². The Hall–Kier alpha value is -1.70. The number of rotatable bonds is 4. The van der Waals surface area contributed by atoms with Gasteiger partial charge in [0.25, 0.3) is 0 Å². The number of fused-ring (bicyclic) bond motifs is 2. The molecule has 2 fully saturated rings. The number of carbonyl (C=O) groups excluding carboxylic acids is 1. The van der Waals surface area contributed by atoms with Crippen molar-refractivity contribution in [1.29, 1.82) is 0 Å². The summed E-state index contributed by atoms with van der Waals surface area (Å²) in [6, 6.07) is 8.55. The molecule has 3 heterocycles. The lowest BCUT2D eigenvalue weighted by Crippen LogP contribution is -2.48. The lowest BCUT2D eigenvalue weighted by Gasteiger charge is -2.29. The summed E-state index contributed by atoms with van der Waals surface area (Å²) >= 11 is 5.87. The average molecular weight is 383 g/mol. The van der Waals surface area contributed by atoms with E-state index in [4.69, 9.17) is 11.6 Å². The number of carbonyl (C=O) groups is 1. The predicted octanol–water partition coefficient (Wildman–Crippen LogP) is 1.81. The second-order valence-corrected chi connectivity index (χ2v) is 6.96. The Bertz CT molecular complexity index is 722. The van der Waals surface area contributed by atoms with Crippen LogP contribution in [0.1, 0.15) is 25.7 Å². The number of piperidine rings is 1. The van der Waals surface area contributed by atoms with E-state index in [-0.39, 0.29) is 30.9 Å². The summed E-state index contributed by atoms with van der Waals surface area (Å²) in [7, 11) is 0. The van der Waals surface area contributed by atoms with E-state index < -0.39 is 0 Å². The molecule has 134 valence electrons. The Labute approximate surface area is 156 Å². The zero-order valence-electron chi connectivity index (χ0n) is 13.6. The summed E-state index contributed by atoms with van der Waals surface area (Å²) in [4.78, 5) is 13.6. The van der Waals surface area contributed by atoms with Gasteiger partial charge >= 0.3 is 0 Å². The SMILES string of the molecule is Cl.O=C(Cn1nnc(-c2ccc(Cl)cc2)n1)NC1CC2CCC(C1)N2. The molecule has 0 saturated carbocycles. The van der Waals surface area contributed by atoms with Gasteiger partial charge < -0.3 is 10.6 Å². The van der Waals surface area contributed by atoms with Crippen molar-refractivity contribution in [2.45, 2.75) is 50.4 Å². The molecule has 9 heteroatoms. The molecule has 2 aromatic rings. The summed E-state index contributed by atoms with van der Waals surface area (Å²) in [5.41, 5.74) is 0.820. The largest absolute Gasteiger partial charge is 0.352 e. The van der Waals surface area contributed by atoms with Gasteiger partial charge in [0.1, 0.15) is 6.54 Å². The first kappa shape index (κ1) is 18.1. The van der Waals surface area contributed by atoms with Crippen LogP contribution in [0.5, 0.6) is 0 Å². The topological polar surface area (TPSA) is 84.7 Å². The summed E-state index contributed by atoms with van der Waals surface area (Å²) in [6.07, 6.45) is 4.43. The van der Waals surface area contributed by atoms with Crippen LogP contribution in [0.25, 0.3) is 11.4 Å². The fourth-order valence-electron chi connectivity index (χ4n) is 3.60. The second kappa shape index (κ2) is 7.68. The third kappa shape index (κ3) is 4.29. The van der Waals surface area contributed by atoms with Crippen LogP contribution in [0, 0.1) is 0 Å². The van der Waals surface area contributed by atoms with Gasteiger partial charge in [0.05, 0.1) is 0 Å². The van der Waals surface area contributed by atoms with Crippen molar-refractivity contribution in [2.75, 3.05) is 0 Å². The lowest BCUT2D eigenvalue weighted by atomic mass is 10.00. The van der Waals surface area contributed by atoms with Crippen molar-refractivity contribution in [3.8, 4) is 11.4 Å². The summed E-state index contributed by atoms with van der Waals surface area (Å²) in [5, 5.41) is 19.5. The molecule has 7 nitrogen and oxygen atoms in total. The fraction of sp³-hybridized carbons (Fsp3) is 0.500. The minimum atomic E-state index is -0.0682. The molecule has 1 amide bonds. The van der Waals surface area contributed by atoms with E-state index in [0.717, 1.165) is 18.4 Å². The molecule has 2 unspecified atom stereocenters. The summed E-state index contributed by atoms with van der Waals surface area (Å²) in [5.74, 6) is 0.417. The highest BCUT2D eigenvalue weighted by Crippen LogP contribution is 2.26. The van der Waals surface area contributed by atoms with E-state index >= 15 is 0 Å². The molecule has 25 heavy (non-hydrogen) atoms. The number of aromatic nitrogens is 4. The normalized spacial score (nSPS) is 24.6. The van der Waals surface area contributed by atoms with Gasteiger partial charge in [-0.3, -0.25) is 4.79 Å². The van der Waals surface area contributed by atoms with Crippen molar-refractivity contribution >= 4 is 29.9 Å². The van der Waals surface area contributed by atoms with Crippen LogP contribution in [-0.2, 0) is 11.3 Å². The summed E-state index contributed by atoms with van der Waals surface area (Å²) in [6.45, 7) is 0.0832. The summed E-state index contributed by atoms with van der Waals surface area (Å²) < 4.78 is 0. The quantitative estimate of drug-likeness (QED) is 0.842. The standard InChI is InChI=1S/C16H19ClN6O.ClH/c17-11-3-1-10(2-4-11)16-20-22-23(21-16)9-15(24)19-14-7-12-5-6-13(8-14)18-12;/h1-4,12-14,18H,5-9H2,(H,19,24);1H. The molecule has 1 aromatic carbocycles. The van der Waals surface area contributed by atoms with Crippen LogP contribution in [0.2, 0.25) is 5.02 Å². The number of benzene rings is 1. The molecular weight excluding hydrogens is 363 g/mol. The molecule has 4 rings (SSSR count). The molecule has 2 bridgehead atoms. The Kier molecular flexibility index (Phi) is 5.56. The van der Waals surface area contributed by atoms with Crippen molar-refractivity contribution < 1.29 is 4.79 Å². The van der Waals surface area contributed by atoms with E-state index in [0.29, 0.717) is 22.9 Å². The molecule has 1 aromatic heterocycles. The fourth-order valence-corrected chi connectivity index (χ4v) is 3.73. The van der Waals surface area contributed by atoms with Crippen LogP contribution >= 0.6 is 24.0 Å².